The minimum absolute atomic E-state index is 0.0595. The van der Waals surface area contributed by atoms with Gasteiger partial charge in [0.25, 0.3) is 0 Å². The van der Waals surface area contributed by atoms with Crippen molar-refractivity contribution in [1.29, 1.82) is 0 Å². The summed E-state index contributed by atoms with van der Waals surface area (Å²) < 4.78 is 12.1. The largest absolute Gasteiger partial charge is 0.496 e. The van der Waals surface area contributed by atoms with E-state index in [1.807, 2.05) is 6.92 Å². The molecule has 0 fully saturated rings. The van der Waals surface area contributed by atoms with Gasteiger partial charge in [0.1, 0.15) is 11.5 Å². The van der Waals surface area contributed by atoms with Crippen LogP contribution >= 0.6 is 15.9 Å². The lowest BCUT2D eigenvalue weighted by molar-refractivity contribution is 0.403. The van der Waals surface area contributed by atoms with Crippen molar-refractivity contribution in [3.63, 3.8) is 0 Å². The highest BCUT2D eigenvalue weighted by atomic mass is 79.9. The van der Waals surface area contributed by atoms with Gasteiger partial charge in [-0.25, -0.2) is 0 Å². The van der Waals surface area contributed by atoms with Crippen LogP contribution in [0.15, 0.2) is 33.4 Å². The van der Waals surface area contributed by atoms with E-state index in [4.69, 9.17) is 9.15 Å². The summed E-state index contributed by atoms with van der Waals surface area (Å²) in [6, 6.07) is 6.28. The number of ether oxygens (including phenoxy) is 1. The molecule has 1 atom stereocenters. The molecule has 0 saturated carbocycles. The van der Waals surface area contributed by atoms with Crippen molar-refractivity contribution in [2.75, 3.05) is 13.7 Å². The number of benzene rings is 1. The minimum atomic E-state index is 0.0595. The molecule has 0 amide bonds. The summed E-state index contributed by atoms with van der Waals surface area (Å²) in [6.45, 7) is 6.97. The molecule has 1 aromatic carbocycles. The maximum Gasteiger partial charge on any atom is 0.124 e. The van der Waals surface area contributed by atoms with Gasteiger partial charge in [-0.3, -0.25) is 0 Å². The first-order valence-electron chi connectivity index (χ1n) is 6.69. The molecule has 1 aromatic heterocycles. The van der Waals surface area contributed by atoms with Crippen molar-refractivity contribution in [2.24, 2.45) is 0 Å². The summed E-state index contributed by atoms with van der Waals surface area (Å²) in [4.78, 5) is 0. The number of hydrogen-bond donors (Lipinski definition) is 1. The Balaban J connectivity index is 2.51. The van der Waals surface area contributed by atoms with E-state index in [1.54, 1.807) is 13.4 Å². The van der Waals surface area contributed by atoms with Crippen molar-refractivity contribution in [3.8, 4) is 5.75 Å². The second-order valence-corrected chi connectivity index (χ2v) is 5.68. The van der Waals surface area contributed by atoms with Crippen LogP contribution in [0.4, 0.5) is 0 Å². The molecule has 0 spiro atoms. The monoisotopic (exact) mass is 337 g/mol. The first kappa shape index (κ1) is 15.1. The Labute approximate surface area is 128 Å². The number of halogens is 1. The fraction of sp³-hybridized carbons (Fsp3) is 0.375. The molecule has 1 heterocycles. The number of hydrogen-bond acceptors (Lipinski definition) is 3. The highest BCUT2D eigenvalue weighted by molar-refractivity contribution is 9.10. The molecule has 0 aliphatic rings. The van der Waals surface area contributed by atoms with Gasteiger partial charge >= 0.3 is 0 Å². The molecule has 2 rings (SSSR count). The lowest BCUT2D eigenvalue weighted by atomic mass is 9.98. The predicted molar refractivity (Wildman–Crippen MR) is 84.4 cm³/mol. The average molecular weight is 338 g/mol. The van der Waals surface area contributed by atoms with Crippen LogP contribution in [0.3, 0.4) is 0 Å². The Morgan fingerprint density at radius 2 is 2.05 bits per heavy atom. The summed E-state index contributed by atoms with van der Waals surface area (Å²) in [7, 11) is 1.70. The smallest absolute Gasteiger partial charge is 0.124 e. The van der Waals surface area contributed by atoms with Crippen molar-refractivity contribution >= 4 is 15.9 Å². The third-order valence-corrected chi connectivity index (χ3v) is 4.17. The van der Waals surface area contributed by atoms with Gasteiger partial charge < -0.3 is 14.5 Å². The molecular formula is C16H20BrNO2. The van der Waals surface area contributed by atoms with Crippen LogP contribution in [-0.2, 0) is 0 Å². The van der Waals surface area contributed by atoms with Crippen LogP contribution < -0.4 is 10.1 Å². The minimum Gasteiger partial charge on any atom is -0.496 e. The van der Waals surface area contributed by atoms with E-state index in [0.717, 1.165) is 39.2 Å². The van der Waals surface area contributed by atoms with Crippen LogP contribution in [0.5, 0.6) is 5.75 Å². The van der Waals surface area contributed by atoms with Gasteiger partial charge in [0.2, 0.25) is 0 Å². The zero-order chi connectivity index (χ0) is 14.7. The molecule has 1 N–H and O–H groups in total. The number of nitrogens with one attached hydrogen (secondary N) is 1. The second-order valence-electron chi connectivity index (χ2n) is 4.82. The summed E-state index contributed by atoms with van der Waals surface area (Å²) in [6.07, 6.45) is 1.80. The Hall–Kier alpha value is -1.26. The quantitative estimate of drug-likeness (QED) is 0.879. The van der Waals surface area contributed by atoms with Gasteiger partial charge in [0.15, 0.2) is 0 Å². The fourth-order valence-electron chi connectivity index (χ4n) is 2.30. The standard InChI is InChI=1S/C16H20BrNO2/c1-5-18-16(12-7-11(3)20-9-12)13-8-14(17)10(2)6-15(13)19-4/h6-9,16,18H,5H2,1-4H3. The third-order valence-electron chi connectivity index (χ3n) is 3.31. The summed E-state index contributed by atoms with van der Waals surface area (Å²) in [5.74, 6) is 1.79. The lowest BCUT2D eigenvalue weighted by Crippen LogP contribution is -2.22. The van der Waals surface area contributed by atoms with Gasteiger partial charge in [-0.2, -0.15) is 0 Å². The second kappa shape index (κ2) is 6.46. The fourth-order valence-corrected chi connectivity index (χ4v) is 2.66. The Bertz CT molecular complexity index is 592. The van der Waals surface area contributed by atoms with Crippen molar-refractivity contribution in [3.05, 3.63) is 51.4 Å². The molecule has 0 bridgehead atoms. The van der Waals surface area contributed by atoms with E-state index in [0.29, 0.717) is 0 Å². The molecule has 0 radical (unpaired) electrons. The molecule has 3 nitrogen and oxygen atoms in total. The van der Waals surface area contributed by atoms with Crippen molar-refractivity contribution in [2.45, 2.75) is 26.8 Å². The number of furan rings is 1. The van der Waals surface area contributed by atoms with E-state index in [9.17, 15) is 0 Å². The van der Waals surface area contributed by atoms with E-state index in [-0.39, 0.29) is 6.04 Å². The SMILES string of the molecule is CCNC(c1coc(C)c1)c1cc(Br)c(C)cc1OC. The van der Waals surface area contributed by atoms with Crippen molar-refractivity contribution < 1.29 is 9.15 Å². The van der Waals surface area contributed by atoms with Crippen LogP contribution in [0.25, 0.3) is 0 Å². The van der Waals surface area contributed by atoms with Crippen LogP contribution in [0.2, 0.25) is 0 Å². The molecule has 1 unspecified atom stereocenters. The maximum atomic E-state index is 5.55. The number of methoxy groups -OCH3 is 1. The third kappa shape index (κ3) is 3.07. The Morgan fingerprint density at radius 3 is 2.60 bits per heavy atom. The van der Waals surface area contributed by atoms with Gasteiger partial charge in [-0.15, -0.1) is 0 Å². The van der Waals surface area contributed by atoms with E-state index in [2.05, 4.69) is 53.3 Å². The van der Waals surface area contributed by atoms with Gasteiger partial charge in [0.05, 0.1) is 19.4 Å². The van der Waals surface area contributed by atoms with Crippen LogP contribution in [0, 0.1) is 13.8 Å². The summed E-state index contributed by atoms with van der Waals surface area (Å²) in [5, 5.41) is 3.49. The first-order valence-corrected chi connectivity index (χ1v) is 7.48. The molecule has 0 saturated heterocycles. The Kier molecular flexibility index (Phi) is 4.89. The zero-order valence-electron chi connectivity index (χ0n) is 12.3. The van der Waals surface area contributed by atoms with Crippen LogP contribution in [-0.4, -0.2) is 13.7 Å². The number of aryl methyl sites for hydroxylation is 2. The highest BCUT2D eigenvalue weighted by Gasteiger charge is 2.20. The van der Waals surface area contributed by atoms with E-state index in [1.165, 1.54) is 0 Å². The van der Waals surface area contributed by atoms with Gasteiger partial charge in [-0.1, -0.05) is 22.9 Å². The van der Waals surface area contributed by atoms with Gasteiger partial charge in [-0.05, 0) is 44.2 Å². The topological polar surface area (TPSA) is 34.4 Å². The normalized spacial score (nSPS) is 12.4. The van der Waals surface area contributed by atoms with Crippen LogP contribution in [0.1, 0.15) is 35.4 Å². The number of rotatable bonds is 5. The Morgan fingerprint density at radius 1 is 1.30 bits per heavy atom. The lowest BCUT2D eigenvalue weighted by Gasteiger charge is -2.20. The molecule has 108 valence electrons. The molecule has 4 heteroatoms. The predicted octanol–water partition coefficient (Wildman–Crippen LogP) is 4.37. The molecule has 0 aliphatic carbocycles. The molecule has 0 aliphatic heterocycles. The average Bonchev–Trinajstić information content (AvgIpc) is 2.85. The first-order chi connectivity index (χ1) is 9.56. The van der Waals surface area contributed by atoms with E-state index < -0.39 is 0 Å². The summed E-state index contributed by atoms with van der Waals surface area (Å²) in [5.41, 5.74) is 3.37. The molecular weight excluding hydrogens is 318 g/mol. The zero-order valence-corrected chi connectivity index (χ0v) is 13.9. The van der Waals surface area contributed by atoms with Gasteiger partial charge in [0, 0.05) is 15.6 Å². The van der Waals surface area contributed by atoms with Crippen molar-refractivity contribution in [1.82, 2.24) is 5.32 Å². The summed E-state index contributed by atoms with van der Waals surface area (Å²) >= 11 is 3.60. The maximum absolute atomic E-state index is 5.55. The molecule has 20 heavy (non-hydrogen) atoms. The molecule has 2 aromatic rings. The highest BCUT2D eigenvalue weighted by Crippen LogP contribution is 2.35. The van der Waals surface area contributed by atoms with E-state index >= 15 is 0 Å².